The highest BCUT2D eigenvalue weighted by Crippen LogP contribution is 2.28. The number of thiophene rings is 1. The maximum absolute atomic E-state index is 13.2. The fraction of sp³-hybridized carbons (Fsp3) is 0.364. The number of methoxy groups -OCH3 is 1. The maximum Gasteiger partial charge on any atom is 0.339 e. The standard InChI is InChI=1S/C22H25ClN2O5S2/c1-3-12-24(15-17-8-9-20(23)31-17)21(26)16-10-13-25(14-11-16)32(28,29)19-7-5-4-6-18(19)22(27)30-2/h3-9,16H,1,10-15H2,2H3. The lowest BCUT2D eigenvalue weighted by atomic mass is 9.96. The zero-order chi connectivity index (χ0) is 23.3. The molecule has 32 heavy (non-hydrogen) atoms. The molecule has 2 heterocycles. The van der Waals surface area contributed by atoms with Gasteiger partial charge < -0.3 is 9.64 Å². The van der Waals surface area contributed by atoms with Crippen molar-refractivity contribution < 1.29 is 22.7 Å². The van der Waals surface area contributed by atoms with Crippen molar-refractivity contribution in [3.8, 4) is 0 Å². The largest absolute Gasteiger partial charge is 0.465 e. The first-order chi connectivity index (χ1) is 15.3. The Hall–Kier alpha value is -2.20. The van der Waals surface area contributed by atoms with Crippen LogP contribution in [0.1, 0.15) is 28.1 Å². The van der Waals surface area contributed by atoms with E-state index in [0.29, 0.717) is 30.3 Å². The number of hydrogen-bond acceptors (Lipinski definition) is 6. The number of amides is 1. The first-order valence-corrected chi connectivity index (χ1v) is 12.7. The Morgan fingerprint density at radius 2 is 1.94 bits per heavy atom. The summed E-state index contributed by atoms with van der Waals surface area (Å²) in [6.07, 6.45) is 2.48. The van der Waals surface area contributed by atoms with E-state index < -0.39 is 16.0 Å². The Morgan fingerprint density at radius 1 is 1.25 bits per heavy atom. The molecule has 1 aromatic carbocycles. The number of carbonyl (C=O) groups excluding carboxylic acids is 2. The van der Waals surface area contributed by atoms with Crippen LogP contribution in [0, 0.1) is 5.92 Å². The Morgan fingerprint density at radius 3 is 2.53 bits per heavy atom. The van der Waals surface area contributed by atoms with Gasteiger partial charge in [-0.15, -0.1) is 17.9 Å². The third-order valence-corrected chi connectivity index (χ3v) is 8.52. The summed E-state index contributed by atoms with van der Waals surface area (Å²) in [6.45, 7) is 4.97. The fourth-order valence-corrected chi connectivity index (χ4v) is 6.48. The molecule has 7 nitrogen and oxygen atoms in total. The molecule has 0 spiro atoms. The van der Waals surface area contributed by atoms with Gasteiger partial charge >= 0.3 is 5.97 Å². The van der Waals surface area contributed by atoms with Crippen LogP contribution < -0.4 is 0 Å². The van der Waals surface area contributed by atoms with Crippen LogP contribution in [-0.4, -0.2) is 56.2 Å². The molecule has 0 radical (unpaired) electrons. The van der Waals surface area contributed by atoms with Crippen LogP contribution in [0.3, 0.4) is 0 Å². The Balaban J connectivity index is 1.70. The molecule has 1 fully saturated rings. The van der Waals surface area contributed by atoms with E-state index in [4.69, 9.17) is 16.3 Å². The molecule has 0 saturated carbocycles. The molecule has 1 aliphatic heterocycles. The first-order valence-electron chi connectivity index (χ1n) is 10.1. The minimum absolute atomic E-state index is 0.0000309. The van der Waals surface area contributed by atoms with Gasteiger partial charge in [0.2, 0.25) is 15.9 Å². The SMILES string of the molecule is C=CCN(Cc1ccc(Cl)s1)C(=O)C1CCN(S(=O)(=O)c2ccccc2C(=O)OC)CC1. The second kappa shape index (κ2) is 10.6. The van der Waals surface area contributed by atoms with Gasteiger partial charge in [-0.05, 0) is 37.1 Å². The van der Waals surface area contributed by atoms with Gasteiger partial charge in [-0.2, -0.15) is 4.31 Å². The molecule has 0 bridgehead atoms. The number of ether oxygens (including phenoxy) is 1. The third kappa shape index (κ3) is 5.40. The second-order valence-corrected chi connectivity index (χ2v) is 11.1. The smallest absolute Gasteiger partial charge is 0.339 e. The molecule has 3 rings (SSSR count). The zero-order valence-corrected chi connectivity index (χ0v) is 20.1. The molecule has 0 aliphatic carbocycles. The second-order valence-electron chi connectivity index (χ2n) is 7.38. The lowest BCUT2D eigenvalue weighted by Crippen LogP contribution is -2.44. The maximum atomic E-state index is 13.2. The van der Waals surface area contributed by atoms with Crippen LogP contribution in [0.2, 0.25) is 4.34 Å². The molecule has 10 heteroatoms. The van der Waals surface area contributed by atoms with Crippen molar-refractivity contribution in [3.63, 3.8) is 0 Å². The van der Waals surface area contributed by atoms with Crippen LogP contribution >= 0.6 is 22.9 Å². The number of esters is 1. The number of rotatable bonds is 8. The van der Waals surface area contributed by atoms with Gasteiger partial charge in [0.15, 0.2) is 0 Å². The topological polar surface area (TPSA) is 84.0 Å². The molecular weight excluding hydrogens is 472 g/mol. The third-order valence-electron chi connectivity index (χ3n) is 5.35. The molecule has 0 unspecified atom stereocenters. The molecule has 1 saturated heterocycles. The highest BCUT2D eigenvalue weighted by molar-refractivity contribution is 7.89. The summed E-state index contributed by atoms with van der Waals surface area (Å²) in [4.78, 5) is 27.8. The van der Waals surface area contributed by atoms with Gasteiger partial charge in [-0.1, -0.05) is 29.8 Å². The number of benzene rings is 1. The summed E-state index contributed by atoms with van der Waals surface area (Å²) < 4.78 is 33.1. The molecule has 1 aromatic heterocycles. The van der Waals surface area contributed by atoms with Crippen molar-refractivity contribution in [1.82, 2.24) is 9.21 Å². The van der Waals surface area contributed by atoms with Crippen molar-refractivity contribution in [1.29, 1.82) is 0 Å². The Kier molecular flexibility index (Phi) is 8.10. The zero-order valence-electron chi connectivity index (χ0n) is 17.7. The molecule has 172 valence electrons. The normalized spacial score (nSPS) is 15.3. The quantitative estimate of drug-likeness (QED) is 0.410. The van der Waals surface area contributed by atoms with Crippen LogP contribution in [-0.2, 0) is 26.1 Å². The van der Waals surface area contributed by atoms with Crippen molar-refractivity contribution >= 4 is 44.8 Å². The molecular formula is C22H25ClN2O5S2. The van der Waals surface area contributed by atoms with E-state index in [1.54, 1.807) is 29.2 Å². The van der Waals surface area contributed by atoms with E-state index in [1.165, 1.54) is 34.9 Å². The van der Waals surface area contributed by atoms with Gasteiger partial charge in [0.05, 0.1) is 28.4 Å². The van der Waals surface area contributed by atoms with Crippen molar-refractivity contribution in [2.75, 3.05) is 26.7 Å². The number of piperidine rings is 1. The molecule has 2 aromatic rings. The molecule has 1 amide bonds. The van der Waals surface area contributed by atoms with E-state index in [1.807, 2.05) is 6.07 Å². The average Bonchev–Trinajstić information content (AvgIpc) is 3.22. The lowest BCUT2D eigenvalue weighted by molar-refractivity contribution is -0.136. The van der Waals surface area contributed by atoms with Crippen LogP contribution in [0.15, 0.2) is 53.9 Å². The summed E-state index contributed by atoms with van der Waals surface area (Å²) in [5.74, 6) is -1.02. The van der Waals surface area contributed by atoms with E-state index in [9.17, 15) is 18.0 Å². The number of sulfonamides is 1. The van der Waals surface area contributed by atoms with E-state index >= 15 is 0 Å². The van der Waals surface area contributed by atoms with E-state index in [2.05, 4.69) is 6.58 Å². The predicted octanol–water partition coefficient (Wildman–Crippen LogP) is 3.80. The van der Waals surface area contributed by atoms with Crippen molar-refractivity contribution in [2.24, 2.45) is 5.92 Å². The monoisotopic (exact) mass is 496 g/mol. The predicted molar refractivity (Wildman–Crippen MR) is 124 cm³/mol. The van der Waals surface area contributed by atoms with Crippen molar-refractivity contribution in [3.05, 3.63) is 63.8 Å². The Labute approximate surface area is 197 Å². The van der Waals surface area contributed by atoms with Gasteiger partial charge in [0.1, 0.15) is 0 Å². The van der Waals surface area contributed by atoms with Crippen LogP contribution in [0.5, 0.6) is 0 Å². The minimum Gasteiger partial charge on any atom is -0.465 e. The van der Waals surface area contributed by atoms with Crippen LogP contribution in [0.25, 0.3) is 0 Å². The number of hydrogen-bond donors (Lipinski definition) is 0. The van der Waals surface area contributed by atoms with Crippen LogP contribution in [0.4, 0.5) is 0 Å². The van der Waals surface area contributed by atoms with Gasteiger partial charge in [-0.25, -0.2) is 13.2 Å². The highest BCUT2D eigenvalue weighted by Gasteiger charge is 2.35. The summed E-state index contributed by atoms with van der Waals surface area (Å²) in [5, 5.41) is 0. The average molecular weight is 497 g/mol. The van der Waals surface area contributed by atoms with Gasteiger partial charge in [0, 0.05) is 30.4 Å². The number of carbonyl (C=O) groups is 2. The first kappa shape index (κ1) is 24.4. The van der Waals surface area contributed by atoms with E-state index in [0.717, 1.165) is 4.88 Å². The van der Waals surface area contributed by atoms with Crippen molar-refractivity contribution in [2.45, 2.75) is 24.3 Å². The summed E-state index contributed by atoms with van der Waals surface area (Å²) in [7, 11) is -2.68. The van der Waals surface area contributed by atoms with Gasteiger partial charge in [0.25, 0.3) is 0 Å². The minimum atomic E-state index is -3.89. The highest BCUT2D eigenvalue weighted by atomic mass is 35.5. The molecule has 0 N–H and O–H groups in total. The molecule has 0 atom stereocenters. The summed E-state index contributed by atoms with van der Waals surface area (Å²) >= 11 is 7.43. The summed E-state index contributed by atoms with van der Waals surface area (Å²) in [6, 6.07) is 9.68. The van der Waals surface area contributed by atoms with E-state index in [-0.39, 0.29) is 35.4 Å². The lowest BCUT2D eigenvalue weighted by Gasteiger charge is -2.33. The fourth-order valence-electron chi connectivity index (χ4n) is 3.72. The Bertz CT molecular complexity index is 1090. The summed E-state index contributed by atoms with van der Waals surface area (Å²) in [5.41, 5.74) is -0.0000309. The number of nitrogens with zero attached hydrogens (tertiary/aromatic N) is 2. The molecule has 1 aliphatic rings. The van der Waals surface area contributed by atoms with Gasteiger partial charge in [-0.3, -0.25) is 4.79 Å². The number of halogens is 1.